The smallest absolute Gasteiger partial charge is 0.251 e. The van der Waals surface area contributed by atoms with E-state index in [4.69, 9.17) is 34.8 Å². The van der Waals surface area contributed by atoms with Gasteiger partial charge in [-0.2, -0.15) is 0 Å². The molecule has 3 aromatic rings. The monoisotopic (exact) mass is 398 g/mol. The molecule has 124 valence electrons. The molecule has 0 spiro atoms. The van der Waals surface area contributed by atoms with Crippen LogP contribution in [-0.2, 0) is 10.3 Å². The molecule has 0 aliphatic heterocycles. The van der Waals surface area contributed by atoms with Crippen molar-refractivity contribution >= 4 is 46.1 Å². The lowest BCUT2D eigenvalue weighted by Crippen LogP contribution is -2.19. The molecule has 0 saturated carbocycles. The van der Waals surface area contributed by atoms with Crippen LogP contribution in [0.15, 0.2) is 52.8 Å². The predicted molar refractivity (Wildman–Crippen MR) is 101 cm³/mol. The minimum absolute atomic E-state index is 0.0289. The SMILES string of the molecule is Cc1ccn(Cc2nc(-c3ccc(C(Cl)(Cl)Cl)cc3)cs2)c(=O)c1. The zero-order valence-corrected chi connectivity index (χ0v) is 15.8. The molecule has 0 atom stereocenters. The van der Waals surface area contributed by atoms with Crippen LogP contribution >= 0.6 is 46.1 Å². The molecule has 0 unspecified atom stereocenters. The first-order chi connectivity index (χ1) is 11.3. The van der Waals surface area contributed by atoms with Crippen molar-refractivity contribution in [3.8, 4) is 11.3 Å². The van der Waals surface area contributed by atoms with E-state index in [1.807, 2.05) is 30.5 Å². The quantitative estimate of drug-likeness (QED) is 0.570. The third-order valence-electron chi connectivity index (χ3n) is 3.52. The Labute approximate surface area is 158 Å². The van der Waals surface area contributed by atoms with E-state index in [1.54, 1.807) is 29.0 Å². The third-order valence-corrected chi connectivity index (χ3v) is 5.01. The first-order valence-corrected chi connectivity index (χ1v) is 9.13. The molecule has 0 aliphatic carbocycles. The molecule has 0 N–H and O–H groups in total. The van der Waals surface area contributed by atoms with Gasteiger partial charge in [0.25, 0.3) is 5.56 Å². The maximum Gasteiger partial charge on any atom is 0.251 e. The van der Waals surface area contributed by atoms with E-state index in [1.165, 1.54) is 11.3 Å². The average molecular weight is 400 g/mol. The Morgan fingerprint density at radius 3 is 2.50 bits per heavy atom. The molecule has 2 heterocycles. The second-order valence-electron chi connectivity index (χ2n) is 5.37. The van der Waals surface area contributed by atoms with Crippen molar-refractivity contribution in [1.29, 1.82) is 0 Å². The van der Waals surface area contributed by atoms with Gasteiger partial charge in [-0.25, -0.2) is 4.98 Å². The summed E-state index contributed by atoms with van der Waals surface area (Å²) >= 11 is 19.1. The number of benzene rings is 1. The number of alkyl halides is 3. The number of hydrogen-bond acceptors (Lipinski definition) is 3. The molecule has 1 aromatic carbocycles. The lowest BCUT2D eigenvalue weighted by atomic mass is 10.1. The molecule has 0 amide bonds. The molecule has 0 fully saturated rings. The summed E-state index contributed by atoms with van der Waals surface area (Å²) in [6, 6.07) is 10.8. The number of hydrogen-bond donors (Lipinski definition) is 0. The normalized spacial score (nSPS) is 11.7. The van der Waals surface area contributed by atoms with Crippen molar-refractivity contribution < 1.29 is 0 Å². The van der Waals surface area contributed by atoms with Gasteiger partial charge in [0.1, 0.15) is 5.01 Å². The zero-order chi connectivity index (χ0) is 17.3. The number of rotatable bonds is 3. The van der Waals surface area contributed by atoms with Gasteiger partial charge >= 0.3 is 0 Å². The van der Waals surface area contributed by atoms with E-state index in [9.17, 15) is 4.79 Å². The Bertz CT molecular complexity index is 911. The molecule has 0 saturated heterocycles. The summed E-state index contributed by atoms with van der Waals surface area (Å²) in [6.45, 7) is 2.35. The highest BCUT2D eigenvalue weighted by Gasteiger charge is 2.22. The first-order valence-electron chi connectivity index (χ1n) is 7.12. The second kappa shape index (κ2) is 6.89. The van der Waals surface area contributed by atoms with Gasteiger partial charge in [0, 0.05) is 28.8 Å². The molecular weight excluding hydrogens is 387 g/mol. The lowest BCUT2D eigenvalue weighted by Gasteiger charge is -2.11. The molecule has 3 nitrogen and oxygen atoms in total. The largest absolute Gasteiger partial charge is 0.309 e. The van der Waals surface area contributed by atoms with Crippen molar-refractivity contribution in [2.24, 2.45) is 0 Å². The Hall–Kier alpha value is -1.33. The van der Waals surface area contributed by atoms with Crippen LogP contribution in [0, 0.1) is 6.92 Å². The second-order valence-corrected chi connectivity index (χ2v) is 8.60. The van der Waals surface area contributed by atoms with E-state index in [-0.39, 0.29) is 5.56 Å². The highest BCUT2D eigenvalue weighted by atomic mass is 35.6. The molecular formula is C17H13Cl3N2OS. The first kappa shape index (κ1) is 17.5. The van der Waals surface area contributed by atoms with E-state index >= 15 is 0 Å². The van der Waals surface area contributed by atoms with Gasteiger partial charge in [0.2, 0.25) is 3.79 Å². The Kier molecular flexibility index (Phi) is 5.02. The van der Waals surface area contributed by atoms with Gasteiger partial charge in [-0.05, 0) is 18.6 Å². The van der Waals surface area contributed by atoms with Gasteiger partial charge in [-0.3, -0.25) is 4.79 Å². The van der Waals surface area contributed by atoms with Gasteiger partial charge in [-0.1, -0.05) is 59.1 Å². The van der Waals surface area contributed by atoms with Gasteiger partial charge < -0.3 is 4.57 Å². The van der Waals surface area contributed by atoms with Crippen LogP contribution in [0.3, 0.4) is 0 Å². The van der Waals surface area contributed by atoms with Crippen LogP contribution in [0.1, 0.15) is 16.1 Å². The summed E-state index contributed by atoms with van der Waals surface area (Å²) in [5.41, 5.74) is 3.31. The number of nitrogens with zero attached hydrogens (tertiary/aromatic N) is 2. The highest BCUT2D eigenvalue weighted by molar-refractivity contribution is 7.09. The van der Waals surface area contributed by atoms with Crippen LogP contribution < -0.4 is 5.56 Å². The minimum Gasteiger partial charge on any atom is -0.309 e. The summed E-state index contributed by atoms with van der Waals surface area (Å²) in [4.78, 5) is 16.5. The number of aryl methyl sites for hydroxylation is 1. The van der Waals surface area contributed by atoms with Crippen molar-refractivity contribution in [3.05, 3.63) is 74.5 Å². The number of pyridine rings is 1. The molecule has 3 rings (SSSR count). The van der Waals surface area contributed by atoms with Crippen LogP contribution in [0.4, 0.5) is 0 Å². The fourth-order valence-electron chi connectivity index (χ4n) is 2.23. The maximum atomic E-state index is 12.0. The Morgan fingerprint density at radius 2 is 1.88 bits per heavy atom. The van der Waals surface area contributed by atoms with Crippen molar-refractivity contribution in [2.75, 3.05) is 0 Å². The topological polar surface area (TPSA) is 34.9 Å². The fraction of sp³-hybridized carbons (Fsp3) is 0.176. The van der Waals surface area contributed by atoms with Crippen LogP contribution in [0.5, 0.6) is 0 Å². The standard InChI is InChI=1S/C17H13Cl3N2OS/c1-11-6-7-22(16(23)8-11)9-15-21-14(10-24-15)12-2-4-13(5-3-12)17(18,19)20/h2-8,10H,9H2,1H3. The average Bonchev–Trinajstić information content (AvgIpc) is 2.98. The summed E-state index contributed by atoms with van der Waals surface area (Å²) in [5, 5.41) is 2.82. The fourth-order valence-corrected chi connectivity index (χ4v) is 3.41. The summed E-state index contributed by atoms with van der Waals surface area (Å²) in [6.07, 6.45) is 1.79. The third kappa shape index (κ3) is 4.01. The number of thiazole rings is 1. The van der Waals surface area contributed by atoms with Crippen molar-refractivity contribution in [2.45, 2.75) is 17.3 Å². The Morgan fingerprint density at radius 1 is 1.17 bits per heavy atom. The van der Waals surface area contributed by atoms with Crippen molar-refractivity contribution in [3.63, 3.8) is 0 Å². The minimum atomic E-state index is -1.43. The van der Waals surface area contributed by atoms with Gasteiger partial charge in [0.15, 0.2) is 0 Å². The van der Waals surface area contributed by atoms with Crippen LogP contribution in [0.2, 0.25) is 0 Å². The lowest BCUT2D eigenvalue weighted by molar-refractivity contribution is 0.752. The van der Waals surface area contributed by atoms with Crippen molar-refractivity contribution in [1.82, 2.24) is 9.55 Å². The summed E-state index contributed by atoms with van der Waals surface area (Å²) < 4.78 is 0.208. The molecule has 0 bridgehead atoms. The molecule has 7 heteroatoms. The molecule has 24 heavy (non-hydrogen) atoms. The molecule has 2 aromatic heterocycles. The van der Waals surface area contributed by atoms with E-state index in [2.05, 4.69) is 4.98 Å². The van der Waals surface area contributed by atoms with Crippen LogP contribution in [-0.4, -0.2) is 9.55 Å². The molecule has 0 aliphatic rings. The van der Waals surface area contributed by atoms with Gasteiger partial charge in [0.05, 0.1) is 12.2 Å². The van der Waals surface area contributed by atoms with E-state index < -0.39 is 3.79 Å². The summed E-state index contributed by atoms with van der Waals surface area (Å²) in [5.74, 6) is 0. The number of aromatic nitrogens is 2. The number of halogens is 3. The van der Waals surface area contributed by atoms with Gasteiger partial charge in [-0.15, -0.1) is 11.3 Å². The zero-order valence-electron chi connectivity index (χ0n) is 12.7. The molecule has 0 radical (unpaired) electrons. The van der Waals surface area contributed by atoms with E-state index in [0.717, 1.165) is 21.8 Å². The van der Waals surface area contributed by atoms with E-state index in [0.29, 0.717) is 12.1 Å². The predicted octanol–water partition coefficient (Wildman–Crippen LogP) is 5.16. The summed E-state index contributed by atoms with van der Waals surface area (Å²) in [7, 11) is 0. The Balaban J connectivity index is 1.81. The highest BCUT2D eigenvalue weighted by Crippen LogP contribution is 2.38. The van der Waals surface area contributed by atoms with Crippen LogP contribution in [0.25, 0.3) is 11.3 Å². The maximum absolute atomic E-state index is 12.0.